The first-order valence-corrected chi connectivity index (χ1v) is 9.49. The number of hydrogen-bond donors (Lipinski definition) is 1. The molecule has 1 saturated carbocycles. The first kappa shape index (κ1) is 18.7. The molecular weight excluding hydrogens is 288 g/mol. The Morgan fingerprint density at radius 3 is 2.30 bits per heavy atom. The summed E-state index contributed by atoms with van der Waals surface area (Å²) in [6, 6.07) is 0. The quantitative estimate of drug-likeness (QED) is 0.846. The van der Waals surface area contributed by atoms with Crippen molar-refractivity contribution in [1.82, 2.24) is 9.80 Å². The SMILES string of the molecule is CC1CCC(O)(CN(C)CC2CCN(C(=O)C(C)C)CC2)CC1. The van der Waals surface area contributed by atoms with Gasteiger partial charge in [0.25, 0.3) is 0 Å². The van der Waals surface area contributed by atoms with Crippen molar-refractivity contribution in [2.24, 2.45) is 17.8 Å². The smallest absolute Gasteiger partial charge is 0.225 e. The van der Waals surface area contributed by atoms with E-state index < -0.39 is 5.60 Å². The van der Waals surface area contributed by atoms with E-state index in [2.05, 4.69) is 18.9 Å². The number of aliphatic hydroxyl groups is 1. The zero-order valence-electron chi connectivity index (χ0n) is 15.6. The summed E-state index contributed by atoms with van der Waals surface area (Å²) in [7, 11) is 2.14. The van der Waals surface area contributed by atoms with Crippen LogP contribution in [-0.4, -0.2) is 59.6 Å². The van der Waals surface area contributed by atoms with E-state index >= 15 is 0 Å². The van der Waals surface area contributed by atoms with E-state index in [0.29, 0.717) is 11.8 Å². The van der Waals surface area contributed by atoms with Crippen molar-refractivity contribution in [2.45, 2.75) is 64.9 Å². The van der Waals surface area contributed by atoms with Crippen LogP contribution >= 0.6 is 0 Å². The Hall–Kier alpha value is -0.610. The van der Waals surface area contributed by atoms with Crippen molar-refractivity contribution in [3.63, 3.8) is 0 Å². The molecule has 1 saturated heterocycles. The van der Waals surface area contributed by atoms with Gasteiger partial charge in [-0.2, -0.15) is 0 Å². The summed E-state index contributed by atoms with van der Waals surface area (Å²) >= 11 is 0. The number of carbonyl (C=O) groups excluding carboxylic acids is 1. The van der Waals surface area contributed by atoms with E-state index in [1.807, 2.05) is 18.7 Å². The molecule has 0 aromatic heterocycles. The van der Waals surface area contributed by atoms with Crippen LogP contribution in [0.3, 0.4) is 0 Å². The lowest BCUT2D eigenvalue weighted by Crippen LogP contribution is -2.47. The first-order chi connectivity index (χ1) is 10.8. The molecule has 1 aliphatic heterocycles. The third-order valence-corrected chi connectivity index (χ3v) is 5.76. The lowest BCUT2D eigenvalue weighted by molar-refractivity contribution is -0.135. The molecule has 1 amide bonds. The van der Waals surface area contributed by atoms with Crippen LogP contribution in [0.1, 0.15) is 59.3 Å². The van der Waals surface area contributed by atoms with Gasteiger partial charge in [0, 0.05) is 32.1 Å². The monoisotopic (exact) mass is 324 g/mol. The Labute approximate surface area is 142 Å². The van der Waals surface area contributed by atoms with Gasteiger partial charge in [0.15, 0.2) is 0 Å². The van der Waals surface area contributed by atoms with Gasteiger partial charge in [-0.15, -0.1) is 0 Å². The first-order valence-electron chi connectivity index (χ1n) is 9.49. The molecule has 134 valence electrons. The number of carbonyl (C=O) groups is 1. The zero-order chi connectivity index (χ0) is 17.0. The maximum atomic E-state index is 12.0. The molecule has 2 rings (SSSR count). The fourth-order valence-corrected chi connectivity index (χ4v) is 4.17. The minimum atomic E-state index is -0.477. The Morgan fingerprint density at radius 2 is 1.78 bits per heavy atom. The number of amides is 1. The van der Waals surface area contributed by atoms with Crippen LogP contribution in [0.15, 0.2) is 0 Å². The highest BCUT2D eigenvalue weighted by atomic mass is 16.3. The third-order valence-electron chi connectivity index (χ3n) is 5.76. The molecule has 0 aromatic rings. The van der Waals surface area contributed by atoms with Gasteiger partial charge in [0.05, 0.1) is 5.60 Å². The molecule has 1 aliphatic carbocycles. The summed E-state index contributed by atoms with van der Waals surface area (Å²) < 4.78 is 0. The minimum absolute atomic E-state index is 0.108. The molecule has 0 spiro atoms. The minimum Gasteiger partial charge on any atom is -0.389 e. The van der Waals surface area contributed by atoms with Crippen molar-refractivity contribution in [1.29, 1.82) is 0 Å². The second-order valence-corrected chi connectivity index (χ2v) is 8.53. The van der Waals surface area contributed by atoms with E-state index in [4.69, 9.17) is 0 Å². The maximum absolute atomic E-state index is 12.0. The fraction of sp³-hybridized carbons (Fsp3) is 0.947. The Kier molecular flexibility index (Phi) is 6.49. The predicted octanol–water partition coefficient (Wildman–Crippen LogP) is 2.75. The van der Waals surface area contributed by atoms with E-state index in [1.54, 1.807) is 0 Å². The Bertz CT molecular complexity index is 381. The molecule has 0 radical (unpaired) electrons. The van der Waals surface area contributed by atoms with E-state index in [9.17, 15) is 9.90 Å². The number of likely N-dealkylation sites (tertiary alicyclic amines) is 1. The largest absolute Gasteiger partial charge is 0.389 e. The van der Waals surface area contributed by atoms with Crippen LogP contribution in [0.4, 0.5) is 0 Å². The van der Waals surface area contributed by atoms with Crippen molar-refractivity contribution in [2.75, 3.05) is 33.2 Å². The third kappa shape index (κ3) is 5.46. The molecule has 23 heavy (non-hydrogen) atoms. The number of rotatable bonds is 5. The van der Waals surface area contributed by atoms with Gasteiger partial charge in [-0.25, -0.2) is 0 Å². The van der Waals surface area contributed by atoms with Crippen LogP contribution in [0.5, 0.6) is 0 Å². The van der Waals surface area contributed by atoms with Crippen molar-refractivity contribution in [3.05, 3.63) is 0 Å². The molecule has 2 fully saturated rings. The molecule has 0 bridgehead atoms. The average Bonchev–Trinajstić information content (AvgIpc) is 2.50. The van der Waals surface area contributed by atoms with Gasteiger partial charge in [-0.05, 0) is 57.4 Å². The second kappa shape index (κ2) is 7.98. The van der Waals surface area contributed by atoms with Crippen LogP contribution in [0.2, 0.25) is 0 Å². The highest BCUT2D eigenvalue weighted by Crippen LogP contribution is 2.32. The van der Waals surface area contributed by atoms with Crippen LogP contribution < -0.4 is 0 Å². The molecule has 0 aromatic carbocycles. The van der Waals surface area contributed by atoms with Crippen LogP contribution in [0, 0.1) is 17.8 Å². The molecule has 4 heteroatoms. The van der Waals surface area contributed by atoms with E-state index in [1.165, 1.54) is 0 Å². The maximum Gasteiger partial charge on any atom is 0.225 e. The van der Waals surface area contributed by atoms with Crippen molar-refractivity contribution < 1.29 is 9.90 Å². The second-order valence-electron chi connectivity index (χ2n) is 8.53. The normalized spacial score (nSPS) is 30.2. The fourth-order valence-electron chi connectivity index (χ4n) is 4.17. The van der Waals surface area contributed by atoms with Gasteiger partial charge >= 0.3 is 0 Å². The highest BCUT2D eigenvalue weighted by Gasteiger charge is 2.33. The van der Waals surface area contributed by atoms with Crippen LogP contribution in [0.25, 0.3) is 0 Å². The lowest BCUT2D eigenvalue weighted by atomic mass is 9.79. The average molecular weight is 325 g/mol. The summed E-state index contributed by atoms with van der Waals surface area (Å²) in [5, 5.41) is 10.8. The van der Waals surface area contributed by atoms with Crippen molar-refractivity contribution in [3.8, 4) is 0 Å². The van der Waals surface area contributed by atoms with Gasteiger partial charge in [-0.3, -0.25) is 4.79 Å². The van der Waals surface area contributed by atoms with E-state index in [0.717, 1.165) is 70.6 Å². The van der Waals surface area contributed by atoms with Gasteiger partial charge in [0.1, 0.15) is 0 Å². The molecule has 2 aliphatic rings. The topological polar surface area (TPSA) is 43.8 Å². The standard InChI is InChI=1S/C19H36N2O2/c1-15(2)18(22)21-11-7-17(8-12-21)13-20(4)14-19(23)9-5-16(3)6-10-19/h15-17,23H,5-14H2,1-4H3. The molecule has 0 unspecified atom stereocenters. The number of likely N-dealkylation sites (N-methyl/N-ethyl adjacent to an activating group) is 1. The summed E-state index contributed by atoms with van der Waals surface area (Å²) in [5.41, 5.74) is -0.477. The Balaban J connectivity index is 1.72. The molecule has 1 heterocycles. The number of nitrogens with zero attached hydrogens (tertiary/aromatic N) is 2. The van der Waals surface area contributed by atoms with Crippen LogP contribution in [-0.2, 0) is 4.79 Å². The molecule has 1 N–H and O–H groups in total. The zero-order valence-corrected chi connectivity index (χ0v) is 15.6. The van der Waals surface area contributed by atoms with Gasteiger partial charge in [0.2, 0.25) is 5.91 Å². The lowest BCUT2D eigenvalue weighted by Gasteiger charge is -2.40. The predicted molar refractivity (Wildman–Crippen MR) is 94.2 cm³/mol. The van der Waals surface area contributed by atoms with Gasteiger partial charge < -0.3 is 14.9 Å². The van der Waals surface area contributed by atoms with E-state index in [-0.39, 0.29) is 5.92 Å². The molecule has 4 nitrogen and oxygen atoms in total. The van der Waals surface area contributed by atoms with Gasteiger partial charge in [-0.1, -0.05) is 20.8 Å². The summed E-state index contributed by atoms with van der Waals surface area (Å²) in [6.45, 7) is 9.89. The highest BCUT2D eigenvalue weighted by molar-refractivity contribution is 5.78. The summed E-state index contributed by atoms with van der Waals surface area (Å²) in [5.74, 6) is 1.82. The number of piperidine rings is 1. The summed E-state index contributed by atoms with van der Waals surface area (Å²) in [4.78, 5) is 16.4. The Morgan fingerprint density at radius 1 is 1.22 bits per heavy atom. The molecular formula is C19H36N2O2. The van der Waals surface area contributed by atoms with Crippen molar-refractivity contribution >= 4 is 5.91 Å². The summed E-state index contributed by atoms with van der Waals surface area (Å²) in [6.07, 6.45) is 6.39. The molecule has 0 atom stereocenters. The number of hydrogen-bond acceptors (Lipinski definition) is 3.